The molecule has 1 aliphatic carbocycles. The van der Waals surface area contributed by atoms with Crippen molar-refractivity contribution in [3.05, 3.63) is 0 Å². The molecule has 0 bridgehead atoms. The lowest BCUT2D eigenvalue weighted by Gasteiger charge is -2.59. The molecule has 2 nitrogen and oxygen atoms in total. The Kier molecular flexibility index (Phi) is 6.03. The average molecular weight is 309 g/mol. The topological polar surface area (TPSA) is 34.1 Å². The molecule has 0 heterocycles. The predicted molar refractivity (Wildman–Crippen MR) is 92.8 cm³/mol. The first-order chi connectivity index (χ1) is 10.4. The van der Waals surface area contributed by atoms with Gasteiger partial charge in [0, 0.05) is 22.2 Å². The van der Waals surface area contributed by atoms with E-state index < -0.39 is 16.2 Å². The normalized spacial score (nSPS) is 26.2. The molecule has 0 aliphatic heterocycles. The van der Waals surface area contributed by atoms with Crippen LogP contribution in [0.4, 0.5) is 0 Å². The highest BCUT2D eigenvalue weighted by atomic mass is 16.1. The van der Waals surface area contributed by atoms with Gasteiger partial charge in [-0.2, -0.15) is 0 Å². The fourth-order valence-electron chi connectivity index (χ4n) is 5.84. The van der Waals surface area contributed by atoms with Crippen molar-refractivity contribution in [1.29, 1.82) is 0 Å². The van der Waals surface area contributed by atoms with Gasteiger partial charge < -0.3 is 0 Å². The molecule has 0 N–H and O–H groups in total. The smallest absolute Gasteiger partial charge is 0.146 e. The summed E-state index contributed by atoms with van der Waals surface area (Å²) in [6.45, 7) is 14.7. The lowest BCUT2D eigenvalue weighted by atomic mass is 9.41. The summed E-state index contributed by atoms with van der Waals surface area (Å²) in [5.41, 5.74) is -1.36. The van der Waals surface area contributed by atoms with Gasteiger partial charge in [-0.15, -0.1) is 0 Å². The Morgan fingerprint density at radius 1 is 0.682 bits per heavy atom. The molecule has 2 heteroatoms. The molecule has 0 radical (unpaired) electrons. The second-order valence-electron chi connectivity index (χ2n) is 7.10. The van der Waals surface area contributed by atoms with E-state index in [9.17, 15) is 9.59 Å². The molecule has 0 saturated heterocycles. The van der Waals surface area contributed by atoms with Crippen molar-refractivity contribution >= 4 is 11.6 Å². The van der Waals surface area contributed by atoms with Crippen LogP contribution in [0.25, 0.3) is 0 Å². The molecule has 1 fully saturated rings. The first-order valence-electron chi connectivity index (χ1n) is 9.46. The van der Waals surface area contributed by atoms with E-state index in [1.165, 1.54) is 0 Å². The third kappa shape index (κ3) is 2.05. The zero-order chi connectivity index (χ0) is 17.2. The molecule has 22 heavy (non-hydrogen) atoms. The standard InChI is InChI=1S/C20H36O2/c1-8-15-16(21)19(11-4,12-5)20(13-6,14-7)17(22)18(15,9-2)10-3/h15H,8-14H2,1-7H3. The summed E-state index contributed by atoms with van der Waals surface area (Å²) < 4.78 is 0. The minimum absolute atomic E-state index is 0.0962. The highest BCUT2D eigenvalue weighted by Crippen LogP contribution is 2.63. The zero-order valence-corrected chi connectivity index (χ0v) is 15.8. The summed E-state index contributed by atoms with van der Waals surface area (Å²) >= 11 is 0. The summed E-state index contributed by atoms with van der Waals surface area (Å²) in [6.07, 6.45) is 5.51. The van der Waals surface area contributed by atoms with E-state index in [4.69, 9.17) is 0 Å². The summed E-state index contributed by atoms with van der Waals surface area (Å²) in [5, 5.41) is 0. The van der Waals surface area contributed by atoms with E-state index >= 15 is 0 Å². The maximum atomic E-state index is 13.8. The van der Waals surface area contributed by atoms with Gasteiger partial charge in [-0.25, -0.2) is 0 Å². The molecule has 1 rings (SSSR count). The predicted octanol–water partition coefficient (Wildman–Crippen LogP) is 5.58. The largest absolute Gasteiger partial charge is 0.299 e. The average Bonchev–Trinajstić information content (AvgIpc) is 2.56. The summed E-state index contributed by atoms with van der Waals surface area (Å²) in [7, 11) is 0. The second kappa shape index (κ2) is 6.84. The Hall–Kier alpha value is -0.660. The van der Waals surface area contributed by atoms with Crippen LogP contribution >= 0.6 is 0 Å². The highest BCUT2D eigenvalue weighted by molar-refractivity contribution is 6.06. The lowest BCUT2D eigenvalue weighted by molar-refractivity contribution is -0.179. The minimum Gasteiger partial charge on any atom is -0.299 e. The lowest BCUT2D eigenvalue weighted by Crippen LogP contribution is -2.65. The molecule has 0 amide bonds. The van der Waals surface area contributed by atoms with Gasteiger partial charge in [-0.1, -0.05) is 48.5 Å². The summed E-state index contributed by atoms with van der Waals surface area (Å²) in [4.78, 5) is 27.4. The fourth-order valence-corrected chi connectivity index (χ4v) is 5.84. The van der Waals surface area contributed by atoms with Gasteiger partial charge in [0.05, 0.1) is 0 Å². The second-order valence-corrected chi connectivity index (χ2v) is 7.10. The Bertz CT molecular complexity index is 409. The molecule has 1 unspecified atom stereocenters. The maximum Gasteiger partial charge on any atom is 0.146 e. The van der Waals surface area contributed by atoms with Crippen LogP contribution < -0.4 is 0 Å². The monoisotopic (exact) mass is 308 g/mol. The van der Waals surface area contributed by atoms with Gasteiger partial charge in [0.1, 0.15) is 11.6 Å². The van der Waals surface area contributed by atoms with E-state index in [0.29, 0.717) is 11.6 Å². The number of hydrogen-bond donors (Lipinski definition) is 0. The van der Waals surface area contributed by atoms with Gasteiger partial charge in [-0.3, -0.25) is 9.59 Å². The number of Topliss-reactive ketones (excluding diaryl/α,β-unsaturated/α-hetero) is 2. The van der Waals surface area contributed by atoms with Crippen LogP contribution in [0.15, 0.2) is 0 Å². The quantitative estimate of drug-likeness (QED) is 0.615. The van der Waals surface area contributed by atoms with Crippen molar-refractivity contribution in [2.75, 3.05) is 0 Å². The van der Waals surface area contributed by atoms with E-state index in [0.717, 1.165) is 44.9 Å². The van der Waals surface area contributed by atoms with Gasteiger partial charge >= 0.3 is 0 Å². The van der Waals surface area contributed by atoms with Gasteiger partial charge in [0.2, 0.25) is 0 Å². The summed E-state index contributed by atoms with van der Waals surface area (Å²) in [5.74, 6) is 0.679. The Balaban J connectivity index is 3.73. The molecule has 0 aromatic heterocycles. The van der Waals surface area contributed by atoms with Crippen LogP contribution in [0.1, 0.15) is 93.4 Å². The number of hydrogen-bond acceptors (Lipinski definition) is 2. The number of carbonyl (C=O) groups excluding carboxylic acids is 2. The molecule has 0 aromatic carbocycles. The third-order valence-corrected chi connectivity index (χ3v) is 7.34. The molecule has 0 spiro atoms. The number of rotatable bonds is 7. The first kappa shape index (κ1) is 19.4. The van der Waals surface area contributed by atoms with Gasteiger partial charge in [0.25, 0.3) is 0 Å². The van der Waals surface area contributed by atoms with Crippen molar-refractivity contribution < 1.29 is 9.59 Å². The highest BCUT2D eigenvalue weighted by Gasteiger charge is 2.67. The Morgan fingerprint density at radius 2 is 1.09 bits per heavy atom. The Morgan fingerprint density at radius 3 is 1.36 bits per heavy atom. The van der Waals surface area contributed by atoms with Gasteiger partial charge in [0.15, 0.2) is 0 Å². The maximum absolute atomic E-state index is 13.8. The molecule has 1 saturated carbocycles. The van der Waals surface area contributed by atoms with E-state index in [2.05, 4.69) is 48.5 Å². The molecule has 1 atom stereocenters. The first-order valence-corrected chi connectivity index (χ1v) is 9.46. The van der Waals surface area contributed by atoms with E-state index in [1.807, 2.05) is 0 Å². The van der Waals surface area contributed by atoms with E-state index in [1.54, 1.807) is 0 Å². The van der Waals surface area contributed by atoms with E-state index in [-0.39, 0.29) is 5.92 Å². The number of carbonyl (C=O) groups is 2. The third-order valence-electron chi connectivity index (χ3n) is 7.34. The zero-order valence-electron chi connectivity index (χ0n) is 15.8. The van der Waals surface area contributed by atoms with Crippen LogP contribution in [0, 0.1) is 22.2 Å². The molecular weight excluding hydrogens is 272 g/mol. The van der Waals surface area contributed by atoms with Crippen LogP contribution in [0.5, 0.6) is 0 Å². The molecule has 1 aliphatic rings. The SMILES string of the molecule is CCC1C(=O)C(CC)(CC)C(CC)(CC)C(=O)C1(CC)CC. The molecule has 0 aromatic rings. The van der Waals surface area contributed by atoms with Crippen molar-refractivity contribution in [2.24, 2.45) is 22.2 Å². The molecular formula is C20H36O2. The summed E-state index contributed by atoms with van der Waals surface area (Å²) in [6, 6.07) is 0. The van der Waals surface area contributed by atoms with Crippen molar-refractivity contribution in [1.82, 2.24) is 0 Å². The van der Waals surface area contributed by atoms with Crippen LogP contribution in [-0.2, 0) is 9.59 Å². The molecule has 128 valence electrons. The van der Waals surface area contributed by atoms with Crippen molar-refractivity contribution in [3.8, 4) is 0 Å². The van der Waals surface area contributed by atoms with Crippen molar-refractivity contribution in [2.45, 2.75) is 93.4 Å². The fraction of sp³-hybridized carbons (Fsp3) is 0.900. The van der Waals surface area contributed by atoms with Crippen LogP contribution in [0.3, 0.4) is 0 Å². The van der Waals surface area contributed by atoms with Crippen LogP contribution in [0.2, 0.25) is 0 Å². The minimum atomic E-state index is -0.467. The van der Waals surface area contributed by atoms with Crippen LogP contribution in [-0.4, -0.2) is 11.6 Å². The van der Waals surface area contributed by atoms with Gasteiger partial charge in [-0.05, 0) is 44.9 Å². The Labute approximate surface area is 137 Å². The van der Waals surface area contributed by atoms with Crippen molar-refractivity contribution in [3.63, 3.8) is 0 Å². The number of ketones is 2.